The van der Waals surface area contributed by atoms with Gasteiger partial charge in [0.15, 0.2) is 0 Å². The van der Waals surface area contributed by atoms with Gasteiger partial charge in [0.1, 0.15) is 11.6 Å². The second-order valence-electron chi connectivity index (χ2n) is 4.74. The van der Waals surface area contributed by atoms with Crippen LogP contribution in [0.15, 0.2) is 41.3 Å². The number of amides is 1. The van der Waals surface area contributed by atoms with Crippen LogP contribution in [0.3, 0.4) is 0 Å². The van der Waals surface area contributed by atoms with Crippen molar-refractivity contribution in [3.63, 3.8) is 0 Å². The summed E-state index contributed by atoms with van der Waals surface area (Å²) in [6, 6.07) is 8.50. The molecule has 2 rings (SSSR count). The average Bonchev–Trinajstić information content (AvgIpc) is 2.46. The lowest BCUT2D eigenvalue weighted by Crippen LogP contribution is -2.23. The minimum Gasteiger partial charge on any atom is -0.325 e. The largest absolute Gasteiger partial charge is 0.325 e. The Morgan fingerprint density at radius 3 is 2.68 bits per heavy atom. The monoisotopic (exact) mass is 341 g/mol. The highest BCUT2D eigenvalue weighted by atomic mass is 35.5. The molecule has 0 aliphatic rings. The van der Waals surface area contributed by atoms with Gasteiger partial charge in [-0.25, -0.2) is 8.78 Å². The molecule has 0 aliphatic carbocycles. The van der Waals surface area contributed by atoms with Gasteiger partial charge < -0.3 is 5.32 Å². The summed E-state index contributed by atoms with van der Waals surface area (Å²) in [6.45, 7) is 3.46. The number of carbonyl (C=O) groups excluding carboxylic acids is 1. The first-order valence-corrected chi connectivity index (χ1v) is 7.82. The number of halogens is 3. The van der Waals surface area contributed by atoms with Crippen LogP contribution in [0.1, 0.15) is 12.5 Å². The average molecular weight is 342 g/mol. The molecule has 116 valence electrons. The molecule has 1 N–H and O–H groups in total. The normalized spacial score (nSPS) is 12.0. The fraction of sp³-hybridized carbons (Fsp3) is 0.188. The van der Waals surface area contributed by atoms with E-state index in [1.807, 2.05) is 0 Å². The Morgan fingerprint density at radius 1 is 1.27 bits per heavy atom. The van der Waals surface area contributed by atoms with E-state index in [2.05, 4.69) is 5.32 Å². The van der Waals surface area contributed by atoms with Crippen LogP contribution in [-0.2, 0) is 4.79 Å². The molecule has 2 aromatic carbocycles. The summed E-state index contributed by atoms with van der Waals surface area (Å²) in [5.74, 6) is -1.60. The first-order valence-electron chi connectivity index (χ1n) is 6.56. The summed E-state index contributed by atoms with van der Waals surface area (Å²) >= 11 is 7.03. The first-order chi connectivity index (χ1) is 10.4. The van der Waals surface area contributed by atoms with Gasteiger partial charge >= 0.3 is 0 Å². The number of anilines is 1. The molecule has 0 saturated heterocycles. The molecule has 6 heteroatoms. The van der Waals surface area contributed by atoms with E-state index in [-0.39, 0.29) is 10.8 Å². The maximum absolute atomic E-state index is 13.6. The lowest BCUT2D eigenvalue weighted by atomic mass is 10.2. The molecular formula is C16H14ClF2NOS. The second-order valence-corrected chi connectivity index (χ2v) is 6.53. The van der Waals surface area contributed by atoms with E-state index < -0.39 is 16.9 Å². The number of benzene rings is 2. The Bertz CT molecular complexity index is 709. The minimum atomic E-state index is -0.677. The Kier molecular flexibility index (Phi) is 5.42. The lowest BCUT2D eigenvalue weighted by molar-refractivity contribution is -0.115. The van der Waals surface area contributed by atoms with E-state index in [1.54, 1.807) is 32.0 Å². The quantitative estimate of drug-likeness (QED) is 0.789. The van der Waals surface area contributed by atoms with E-state index in [9.17, 15) is 13.6 Å². The van der Waals surface area contributed by atoms with Crippen molar-refractivity contribution in [1.29, 1.82) is 0 Å². The number of rotatable bonds is 4. The fourth-order valence-electron chi connectivity index (χ4n) is 1.79. The number of hydrogen-bond donors (Lipinski definition) is 1. The summed E-state index contributed by atoms with van der Waals surface area (Å²) in [5.41, 5.74) is 1.38. The number of nitrogens with one attached hydrogen (secondary N) is 1. The van der Waals surface area contributed by atoms with E-state index in [0.717, 1.165) is 29.5 Å². The zero-order valence-corrected chi connectivity index (χ0v) is 13.6. The van der Waals surface area contributed by atoms with Crippen molar-refractivity contribution >= 4 is 35.0 Å². The highest BCUT2D eigenvalue weighted by molar-refractivity contribution is 8.00. The Labute approximate surface area is 136 Å². The van der Waals surface area contributed by atoms with Gasteiger partial charge in [0.25, 0.3) is 0 Å². The number of thioether (sulfide) groups is 1. The molecule has 0 aliphatic heterocycles. The first kappa shape index (κ1) is 16.8. The predicted octanol–water partition coefficient (Wildman–Crippen LogP) is 5.05. The van der Waals surface area contributed by atoms with Crippen LogP contribution in [0.5, 0.6) is 0 Å². The third-order valence-electron chi connectivity index (χ3n) is 3.09. The van der Waals surface area contributed by atoms with Gasteiger partial charge in [0.05, 0.1) is 5.25 Å². The van der Waals surface area contributed by atoms with Gasteiger partial charge in [-0.1, -0.05) is 17.7 Å². The highest BCUT2D eigenvalue weighted by Crippen LogP contribution is 2.28. The zero-order chi connectivity index (χ0) is 16.3. The Balaban J connectivity index is 2.07. The molecule has 2 aromatic rings. The SMILES string of the molecule is Cc1c(Cl)cccc1NC(=O)[C@H](C)Sc1ccc(F)cc1F. The van der Waals surface area contributed by atoms with E-state index >= 15 is 0 Å². The molecule has 0 bridgehead atoms. The third kappa shape index (κ3) is 3.99. The van der Waals surface area contributed by atoms with Crippen LogP contribution in [0, 0.1) is 18.6 Å². The van der Waals surface area contributed by atoms with Gasteiger partial charge in [-0.3, -0.25) is 4.79 Å². The Morgan fingerprint density at radius 2 is 2.00 bits per heavy atom. The summed E-state index contributed by atoms with van der Waals surface area (Å²) in [4.78, 5) is 12.4. The molecule has 0 saturated carbocycles. The van der Waals surface area contributed by atoms with Crippen LogP contribution in [0.25, 0.3) is 0 Å². The zero-order valence-electron chi connectivity index (χ0n) is 12.0. The van der Waals surface area contributed by atoms with Crippen LogP contribution < -0.4 is 5.32 Å². The van der Waals surface area contributed by atoms with Crippen molar-refractivity contribution in [2.24, 2.45) is 0 Å². The molecule has 0 heterocycles. The van der Waals surface area contributed by atoms with Gasteiger partial charge in [-0.2, -0.15) is 0 Å². The molecule has 1 atom stereocenters. The van der Waals surface area contributed by atoms with Crippen molar-refractivity contribution in [3.05, 3.63) is 58.6 Å². The molecular weight excluding hydrogens is 328 g/mol. The van der Waals surface area contributed by atoms with Gasteiger partial charge in [0.2, 0.25) is 5.91 Å². The minimum absolute atomic E-state index is 0.229. The maximum Gasteiger partial charge on any atom is 0.237 e. The molecule has 2 nitrogen and oxygen atoms in total. The third-order valence-corrected chi connectivity index (χ3v) is 4.65. The van der Waals surface area contributed by atoms with Crippen molar-refractivity contribution in [1.82, 2.24) is 0 Å². The van der Waals surface area contributed by atoms with Gasteiger partial charge in [-0.05, 0) is 43.7 Å². The fourth-order valence-corrected chi connectivity index (χ4v) is 2.83. The smallest absolute Gasteiger partial charge is 0.237 e. The van der Waals surface area contributed by atoms with Crippen LogP contribution in [0.2, 0.25) is 5.02 Å². The topological polar surface area (TPSA) is 29.1 Å². The summed E-state index contributed by atoms with van der Waals surface area (Å²) in [5, 5.41) is 2.78. The lowest BCUT2D eigenvalue weighted by Gasteiger charge is -2.14. The van der Waals surface area contributed by atoms with Gasteiger partial charge in [0, 0.05) is 21.7 Å². The number of hydrogen-bond acceptors (Lipinski definition) is 2. The van der Waals surface area contributed by atoms with Crippen LogP contribution >= 0.6 is 23.4 Å². The van der Waals surface area contributed by atoms with Gasteiger partial charge in [-0.15, -0.1) is 11.8 Å². The summed E-state index contributed by atoms with van der Waals surface area (Å²) < 4.78 is 26.5. The molecule has 1 amide bonds. The second kappa shape index (κ2) is 7.11. The van der Waals surface area contributed by atoms with Crippen molar-refractivity contribution in [2.45, 2.75) is 24.0 Å². The highest BCUT2D eigenvalue weighted by Gasteiger charge is 2.18. The standard InChI is InChI=1S/C16H14ClF2NOS/c1-9-12(17)4-3-5-14(9)20-16(21)10(2)22-15-7-6-11(18)8-13(15)19/h3-8,10H,1-2H3,(H,20,21)/t10-/m0/s1. The summed E-state index contributed by atoms with van der Waals surface area (Å²) in [6.07, 6.45) is 0. The van der Waals surface area contributed by atoms with E-state index in [0.29, 0.717) is 10.7 Å². The van der Waals surface area contributed by atoms with E-state index in [4.69, 9.17) is 11.6 Å². The van der Waals surface area contributed by atoms with Crippen molar-refractivity contribution in [3.8, 4) is 0 Å². The number of carbonyl (C=O) groups is 1. The molecule has 0 unspecified atom stereocenters. The molecule has 0 fully saturated rings. The molecule has 22 heavy (non-hydrogen) atoms. The van der Waals surface area contributed by atoms with Crippen LogP contribution in [0.4, 0.5) is 14.5 Å². The van der Waals surface area contributed by atoms with Crippen LogP contribution in [-0.4, -0.2) is 11.2 Å². The maximum atomic E-state index is 13.6. The van der Waals surface area contributed by atoms with E-state index in [1.165, 1.54) is 6.07 Å². The molecule has 0 spiro atoms. The Hall–Kier alpha value is -1.59. The molecule has 0 radical (unpaired) electrons. The molecule has 0 aromatic heterocycles. The summed E-state index contributed by atoms with van der Waals surface area (Å²) in [7, 11) is 0. The predicted molar refractivity (Wildman–Crippen MR) is 86.5 cm³/mol. The van der Waals surface area contributed by atoms with Crippen molar-refractivity contribution in [2.75, 3.05) is 5.32 Å². The van der Waals surface area contributed by atoms with Crippen molar-refractivity contribution < 1.29 is 13.6 Å².